The zero-order valence-corrected chi connectivity index (χ0v) is 15.3. The summed E-state index contributed by atoms with van der Waals surface area (Å²) in [5.41, 5.74) is 2.16. The fraction of sp³-hybridized carbons (Fsp3) is 0.368. The van der Waals surface area contributed by atoms with Gasteiger partial charge in [0.1, 0.15) is 5.82 Å². The molecular formula is C19H24FNO2S. The smallest absolute Gasteiger partial charge is 0.159 e. The molecule has 5 heteroatoms. The monoisotopic (exact) mass is 349 g/mol. The Balaban J connectivity index is 2.09. The molecule has 2 rings (SSSR count). The summed E-state index contributed by atoms with van der Waals surface area (Å²) in [7, 11) is -3.21. The van der Waals surface area contributed by atoms with Crippen LogP contribution in [0.25, 0.3) is 0 Å². The maximum Gasteiger partial charge on any atom is 0.159 e. The second kappa shape index (κ2) is 6.93. The van der Waals surface area contributed by atoms with E-state index in [0.717, 1.165) is 11.3 Å². The first-order valence-electron chi connectivity index (χ1n) is 7.92. The molecule has 1 N–H and O–H groups in total. The third kappa shape index (κ3) is 4.35. The van der Waals surface area contributed by atoms with E-state index in [0.29, 0.717) is 5.56 Å². The molecule has 2 aromatic rings. The molecule has 2 aromatic carbocycles. The van der Waals surface area contributed by atoms with Crippen LogP contribution in [0.3, 0.4) is 0 Å². The van der Waals surface area contributed by atoms with Gasteiger partial charge in [0, 0.05) is 11.3 Å². The van der Waals surface area contributed by atoms with E-state index in [1.54, 1.807) is 51.1 Å². The molecule has 1 atom stereocenters. The second-order valence-electron chi connectivity index (χ2n) is 6.96. The largest absolute Gasteiger partial charge is 0.378 e. The maximum absolute atomic E-state index is 13.8. The lowest BCUT2D eigenvalue weighted by Gasteiger charge is -2.20. The molecule has 0 fully saturated rings. The highest BCUT2D eigenvalue weighted by atomic mass is 32.2. The Morgan fingerprint density at radius 3 is 2.17 bits per heavy atom. The van der Waals surface area contributed by atoms with Crippen molar-refractivity contribution >= 4 is 15.5 Å². The van der Waals surface area contributed by atoms with Crippen molar-refractivity contribution in [1.29, 1.82) is 0 Å². The van der Waals surface area contributed by atoms with Crippen LogP contribution in [0, 0.1) is 5.82 Å². The van der Waals surface area contributed by atoms with Gasteiger partial charge in [-0.3, -0.25) is 0 Å². The average molecular weight is 349 g/mol. The van der Waals surface area contributed by atoms with Gasteiger partial charge in [0.15, 0.2) is 9.84 Å². The van der Waals surface area contributed by atoms with Crippen molar-refractivity contribution in [2.75, 3.05) is 5.32 Å². The summed E-state index contributed by atoms with van der Waals surface area (Å²) < 4.78 is 37.5. The Labute approximate surface area is 143 Å². The Hall–Kier alpha value is -1.88. The van der Waals surface area contributed by atoms with E-state index in [1.807, 2.05) is 19.1 Å². The highest BCUT2D eigenvalue weighted by Crippen LogP contribution is 2.24. The van der Waals surface area contributed by atoms with Crippen LogP contribution in [0.2, 0.25) is 0 Å². The van der Waals surface area contributed by atoms with Crippen molar-refractivity contribution < 1.29 is 12.8 Å². The topological polar surface area (TPSA) is 46.2 Å². The predicted molar refractivity (Wildman–Crippen MR) is 97.3 cm³/mol. The number of anilines is 1. The Morgan fingerprint density at radius 2 is 1.62 bits per heavy atom. The number of benzene rings is 2. The number of hydrogen-bond acceptors (Lipinski definition) is 3. The normalized spacial score (nSPS) is 13.5. The summed E-state index contributed by atoms with van der Waals surface area (Å²) in [5, 5.41) is 3.23. The molecule has 1 unspecified atom stereocenters. The molecule has 0 saturated heterocycles. The van der Waals surface area contributed by atoms with E-state index in [-0.39, 0.29) is 17.6 Å². The van der Waals surface area contributed by atoms with E-state index in [4.69, 9.17) is 0 Å². The molecule has 3 nitrogen and oxygen atoms in total. The van der Waals surface area contributed by atoms with Gasteiger partial charge in [-0.15, -0.1) is 0 Å². The summed E-state index contributed by atoms with van der Waals surface area (Å²) in [6.07, 6.45) is 0. The number of nitrogens with one attached hydrogen (secondary N) is 1. The van der Waals surface area contributed by atoms with E-state index in [1.165, 1.54) is 6.07 Å². The van der Waals surface area contributed by atoms with Crippen LogP contribution >= 0.6 is 0 Å². The summed E-state index contributed by atoms with van der Waals surface area (Å²) in [5.74, 6) is -0.231. The van der Waals surface area contributed by atoms with Gasteiger partial charge >= 0.3 is 0 Å². The lowest BCUT2D eigenvalue weighted by Crippen LogP contribution is -2.29. The first kappa shape index (κ1) is 18.5. The first-order chi connectivity index (χ1) is 11.1. The standard InChI is InChI=1S/C19H24FNO2S/c1-14(17-7-5-6-8-18(17)20)21-16-11-9-15(10-12-16)13-24(22,23)19(2,3)4/h5-12,14,21H,13H2,1-4H3. The van der Waals surface area contributed by atoms with Gasteiger partial charge in [-0.25, -0.2) is 12.8 Å². The average Bonchev–Trinajstić information content (AvgIpc) is 2.48. The van der Waals surface area contributed by atoms with E-state index in [2.05, 4.69) is 5.32 Å². The molecule has 0 aliphatic heterocycles. The third-order valence-electron chi connectivity index (χ3n) is 4.00. The lowest BCUT2D eigenvalue weighted by atomic mass is 10.1. The Kier molecular flexibility index (Phi) is 5.33. The first-order valence-corrected chi connectivity index (χ1v) is 9.57. The molecule has 0 aromatic heterocycles. The minimum atomic E-state index is -3.21. The van der Waals surface area contributed by atoms with Crippen molar-refractivity contribution in [2.24, 2.45) is 0 Å². The molecule has 0 bridgehead atoms. The van der Waals surface area contributed by atoms with Crippen LogP contribution < -0.4 is 5.32 Å². The fourth-order valence-electron chi connectivity index (χ4n) is 2.29. The summed E-state index contributed by atoms with van der Waals surface area (Å²) in [6, 6.07) is 13.7. The molecule has 0 aliphatic carbocycles. The van der Waals surface area contributed by atoms with E-state index < -0.39 is 14.6 Å². The molecule has 130 valence electrons. The zero-order chi connectivity index (χ0) is 18.0. The molecule has 0 saturated carbocycles. The van der Waals surface area contributed by atoms with Crippen LogP contribution in [-0.4, -0.2) is 13.2 Å². The van der Waals surface area contributed by atoms with Crippen LogP contribution in [0.15, 0.2) is 48.5 Å². The molecule has 0 radical (unpaired) electrons. The molecular weight excluding hydrogens is 325 g/mol. The summed E-state index contributed by atoms with van der Waals surface area (Å²) in [4.78, 5) is 0. The minimum absolute atomic E-state index is 0.0135. The van der Waals surface area contributed by atoms with Crippen LogP contribution in [0.4, 0.5) is 10.1 Å². The Bertz CT molecular complexity index is 793. The van der Waals surface area contributed by atoms with Gasteiger partial charge in [-0.1, -0.05) is 30.3 Å². The highest BCUT2D eigenvalue weighted by Gasteiger charge is 2.28. The number of halogens is 1. The van der Waals surface area contributed by atoms with Crippen molar-refractivity contribution in [3.63, 3.8) is 0 Å². The third-order valence-corrected chi connectivity index (χ3v) is 6.58. The van der Waals surface area contributed by atoms with E-state index >= 15 is 0 Å². The summed E-state index contributed by atoms with van der Waals surface area (Å²) >= 11 is 0. The summed E-state index contributed by atoms with van der Waals surface area (Å²) in [6.45, 7) is 6.99. The van der Waals surface area contributed by atoms with Gasteiger partial charge in [0.05, 0.1) is 16.5 Å². The van der Waals surface area contributed by atoms with Gasteiger partial charge in [-0.2, -0.15) is 0 Å². The van der Waals surface area contributed by atoms with Crippen LogP contribution in [-0.2, 0) is 15.6 Å². The van der Waals surface area contributed by atoms with Crippen molar-refractivity contribution in [3.05, 3.63) is 65.5 Å². The number of rotatable bonds is 5. The van der Waals surface area contributed by atoms with Crippen LogP contribution in [0.1, 0.15) is 44.9 Å². The second-order valence-corrected chi connectivity index (χ2v) is 9.70. The fourth-order valence-corrected chi connectivity index (χ4v) is 3.35. The molecule has 0 amide bonds. The van der Waals surface area contributed by atoms with Crippen LogP contribution in [0.5, 0.6) is 0 Å². The van der Waals surface area contributed by atoms with Crippen molar-refractivity contribution in [2.45, 2.75) is 44.2 Å². The maximum atomic E-state index is 13.8. The van der Waals surface area contributed by atoms with Gasteiger partial charge < -0.3 is 5.32 Å². The quantitative estimate of drug-likeness (QED) is 0.850. The number of sulfone groups is 1. The van der Waals surface area contributed by atoms with Gasteiger partial charge in [0.25, 0.3) is 0 Å². The SMILES string of the molecule is CC(Nc1ccc(CS(=O)(=O)C(C)(C)C)cc1)c1ccccc1F. The molecule has 0 spiro atoms. The van der Waals surface area contributed by atoms with Crippen molar-refractivity contribution in [3.8, 4) is 0 Å². The predicted octanol–water partition coefficient (Wildman–Crippen LogP) is 4.71. The molecule has 0 aliphatic rings. The van der Waals surface area contributed by atoms with Gasteiger partial charge in [0.2, 0.25) is 0 Å². The lowest BCUT2D eigenvalue weighted by molar-refractivity contribution is 0.559. The number of hydrogen-bond donors (Lipinski definition) is 1. The molecule has 24 heavy (non-hydrogen) atoms. The zero-order valence-electron chi connectivity index (χ0n) is 14.5. The molecule has 0 heterocycles. The highest BCUT2D eigenvalue weighted by molar-refractivity contribution is 7.91. The minimum Gasteiger partial charge on any atom is -0.378 e. The van der Waals surface area contributed by atoms with Gasteiger partial charge in [-0.05, 0) is 51.5 Å². The van der Waals surface area contributed by atoms with E-state index in [9.17, 15) is 12.8 Å². The Morgan fingerprint density at radius 1 is 1.04 bits per heavy atom. The van der Waals surface area contributed by atoms with Crippen molar-refractivity contribution in [1.82, 2.24) is 0 Å².